The molecular formula is C14H23BN2O3. The number of ether oxygens (including phenoxy) is 1. The molecule has 0 radical (unpaired) electrons. The van der Waals surface area contributed by atoms with E-state index < -0.39 is 18.3 Å². The van der Waals surface area contributed by atoms with Crippen LogP contribution in [-0.4, -0.2) is 30.4 Å². The van der Waals surface area contributed by atoms with Gasteiger partial charge in [-0.1, -0.05) is 6.07 Å². The molecule has 2 heterocycles. The lowest BCUT2D eigenvalue weighted by Gasteiger charge is -2.32. The van der Waals surface area contributed by atoms with Crippen LogP contribution >= 0.6 is 0 Å². The molecule has 1 unspecified atom stereocenters. The van der Waals surface area contributed by atoms with Crippen LogP contribution in [0, 0.1) is 0 Å². The molecule has 20 heavy (non-hydrogen) atoms. The Morgan fingerprint density at radius 1 is 1.20 bits per heavy atom. The van der Waals surface area contributed by atoms with Crippen molar-refractivity contribution in [3.05, 3.63) is 17.7 Å². The number of aromatic nitrogens is 1. The van der Waals surface area contributed by atoms with Crippen molar-refractivity contribution in [3.63, 3.8) is 0 Å². The number of rotatable bonds is 3. The first-order chi connectivity index (χ1) is 9.18. The van der Waals surface area contributed by atoms with Gasteiger partial charge in [0.05, 0.1) is 23.9 Å². The molecule has 0 amide bonds. The van der Waals surface area contributed by atoms with Gasteiger partial charge >= 0.3 is 7.12 Å². The van der Waals surface area contributed by atoms with E-state index in [4.69, 9.17) is 19.8 Å². The van der Waals surface area contributed by atoms with Crippen LogP contribution in [0.1, 0.15) is 46.2 Å². The van der Waals surface area contributed by atoms with Gasteiger partial charge in [-0.25, -0.2) is 4.98 Å². The van der Waals surface area contributed by atoms with E-state index >= 15 is 0 Å². The maximum atomic E-state index is 6.04. The standard InChI is InChI=1S/C14H23BN2O3/c1-9(16)10-7-8-11(18-6)17-12(10)15-19-13(2,3)14(4,5)20-15/h7-9H,16H2,1-6H3. The highest BCUT2D eigenvalue weighted by molar-refractivity contribution is 6.61. The lowest BCUT2D eigenvalue weighted by atomic mass is 9.79. The van der Waals surface area contributed by atoms with Crippen LogP contribution in [0.4, 0.5) is 0 Å². The Hall–Kier alpha value is -1.11. The van der Waals surface area contributed by atoms with E-state index in [1.165, 1.54) is 0 Å². The largest absolute Gasteiger partial charge is 0.515 e. The minimum absolute atomic E-state index is 0.151. The van der Waals surface area contributed by atoms with Gasteiger partial charge < -0.3 is 19.8 Å². The second kappa shape index (κ2) is 5.02. The predicted molar refractivity (Wildman–Crippen MR) is 79.1 cm³/mol. The van der Waals surface area contributed by atoms with Crippen molar-refractivity contribution in [2.45, 2.75) is 51.9 Å². The van der Waals surface area contributed by atoms with Crippen LogP contribution in [0.25, 0.3) is 0 Å². The molecule has 1 atom stereocenters. The summed E-state index contributed by atoms with van der Waals surface area (Å²) in [6.07, 6.45) is 0. The fraction of sp³-hybridized carbons (Fsp3) is 0.643. The minimum Gasteiger partial charge on any atom is -0.481 e. The molecule has 1 aromatic rings. The molecule has 5 nitrogen and oxygen atoms in total. The number of hydrogen-bond acceptors (Lipinski definition) is 5. The second-order valence-electron chi connectivity index (χ2n) is 6.21. The van der Waals surface area contributed by atoms with E-state index in [2.05, 4.69) is 4.98 Å². The van der Waals surface area contributed by atoms with Crippen LogP contribution in [0.5, 0.6) is 5.88 Å². The summed E-state index contributed by atoms with van der Waals surface area (Å²) in [5, 5.41) is 0. The average molecular weight is 278 g/mol. The van der Waals surface area contributed by atoms with Crippen molar-refractivity contribution in [3.8, 4) is 5.88 Å². The molecule has 2 rings (SSSR count). The molecular weight excluding hydrogens is 255 g/mol. The SMILES string of the molecule is COc1ccc(C(C)N)c(B2OC(C)(C)C(C)(C)O2)n1. The summed E-state index contributed by atoms with van der Waals surface area (Å²) in [4.78, 5) is 4.47. The molecule has 2 N–H and O–H groups in total. The van der Waals surface area contributed by atoms with Gasteiger partial charge in [0.25, 0.3) is 0 Å². The zero-order valence-electron chi connectivity index (χ0n) is 13.1. The molecule has 0 saturated carbocycles. The van der Waals surface area contributed by atoms with Crippen molar-refractivity contribution in [2.75, 3.05) is 7.11 Å². The van der Waals surface area contributed by atoms with Crippen LogP contribution in [0.2, 0.25) is 0 Å². The second-order valence-corrected chi connectivity index (χ2v) is 6.21. The third-order valence-electron chi connectivity index (χ3n) is 4.11. The maximum Gasteiger partial charge on any atom is 0.515 e. The average Bonchev–Trinajstić information content (AvgIpc) is 2.57. The third kappa shape index (κ3) is 2.55. The van der Waals surface area contributed by atoms with Gasteiger partial charge in [-0.15, -0.1) is 0 Å². The fourth-order valence-corrected chi connectivity index (χ4v) is 2.11. The first kappa shape index (κ1) is 15.3. The predicted octanol–water partition coefficient (Wildman–Crippen LogP) is 1.41. The first-order valence-electron chi connectivity index (χ1n) is 6.84. The lowest BCUT2D eigenvalue weighted by Crippen LogP contribution is -2.41. The summed E-state index contributed by atoms with van der Waals surface area (Å²) in [7, 11) is 1.05. The van der Waals surface area contributed by atoms with Crippen molar-refractivity contribution < 1.29 is 14.0 Å². The summed E-state index contributed by atoms with van der Waals surface area (Å²) < 4.78 is 17.3. The smallest absolute Gasteiger partial charge is 0.481 e. The van der Waals surface area contributed by atoms with E-state index in [-0.39, 0.29) is 6.04 Å². The fourth-order valence-electron chi connectivity index (χ4n) is 2.11. The van der Waals surface area contributed by atoms with Gasteiger partial charge in [-0.05, 0) is 40.2 Å². The van der Waals surface area contributed by atoms with Crippen molar-refractivity contribution in [1.82, 2.24) is 4.98 Å². The van der Waals surface area contributed by atoms with Crippen LogP contribution in [0.15, 0.2) is 12.1 Å². The third-order valence-corrected chi connectivity index (χ3v) is 4.11. The van der Waals surface area contributed by atoms with E-state index in [0.29, 0.717) is 11.5 Å². The molecule has 0 spiro atoms. The highest BCUT2D eigenvalue weighted by Gasteiger charge is 2.53. The number of methoxy groups -OCH3 is 1. The van der Waals surface area contributed by atoms with Gasteiger partial charge in [0.1, 0.15) is 0 Å². The van der Waals surface area contributed by atoms with Crippen molar-refractivity contribution in [1.29, 1.82) is 0 Å². The molecule has 0 aliphatic carbocycles. The molecule has 6 heteroatoms. The van der Waals surface area contributed by atoms with Gasteiger partial charge in [0, 0.05) is 12.1 Å². The Labute approximate surface area is 121 Å². The Balaban J connectivity index is 2.42. The highest BCUT2D eigenvalue weighted by atomic mass is 16.7. The van der Waals surface area contributed by atoms with E-state index in [1.54, 1.807) is 13.2 Å². The molecule has 1 aliphatic rings. The monoisotopic (exact) mass is 278 g/mol. The Morgan fingerprint density at radius 3 is 2.20 bits per heavy atom. The summed E-state index contributed by atoms with van der Waals surface area (Å²) in [5.74, 6) is 0.527. The van der Waals surface area contributed by atoms with Crippen LogP contribution < -0.4 is 16.1 Å². The van der Waals surface area contributed by atoms with Crippen LogP contribution in [0.3, 0.4) is 0 Å². The topological polar surface area (TPSA) is 66.6 Å². The van der Waals surface area contributed by atoms with E-state index in [9.17, 15) is 0 Å². The maximum absolute atomic E-state index is 6.04. The molecule has 1 aliphatic heterocycles. The Bertz CT molecular complexity index is 487. The number of nitrogens with two attached hydrogens (primary N) is 1. The first-order valence-corrected chi connectivity index (χ1v) is 6.84. The summed E-state index contributed by atoms with van der Waals surface area (Å²) in [6.45, 7) is 9.97. The zero-order valence-corrected chi connectivity index (χ0v) is 13.1. The highest BCUT2D eigenvalue weighted by Crippen LogP contribution is 2.36. The van der Waals surface area contributed by atoms with Gasteiger partial charge in [-0.2, -0.15) is 0 Å². The van der Waals surface area contributed by atoms with Gasteiger partial charge in [0.15, 0.2) is 0 Å². The van der Waals surface area contributed by atoms with Crippen LogP contribution in [-0.2, 0) is 9.31 Å². The van der Waals surface area contributed by atoms with E-state index in [0.717, 1.165) is 5.56 Å². The zero-order chi connectivity index (χ0) is 15.1. The van der Waals surface area contributed by atoms with Crippen molar-refractivity contribution >= 4 is 12.7 Å². The Kier molecular flexibility index (Phi) is 3.84. The van der Waals surface area contributed by atoms with Gasteiger partial charge in [-0.3, -0.25) is 0 Å². The summed E-state index contributed by atoms with van der Waals surface area (Å²) in [6, 6.07) is 3.56. The number of hydrogen-bond donors (Lipinski definition) is 1. The molecule has 1 saturated heterocycles. The Morgan fingerprint density at radius 2 is 1.75 bits per heavy atom. The molecule has 1 aromatic heterocycles. The molecule has 0 aromatic carbocycles. The summed E-state index contributed by atoms with van der Waals surface area (Å²) >= 11 is 0. The molecule has 110 valence electrons. The molecule has 1 fully saturated rings. The van der Waals surface area contributed by atoms with E-state index in [1.807, 2.05) is 40.7 Å². The quantitative estimate of drug-likeness (QED) is 0.847. The summed E-state index contributed by atoms with van der Waals surface area (Å²) in [5.41, 5.74) is 6.81. The van der Waals surface area contributed by atoms with Gasteiger partial charge in [0.2, 0.25) is 5.88 Å². The lowest BCUT2D eigenvalue weighted by molar-refractivity contribution is 0.00578. The number of nitrogens with zero attached hydrogens (tertiary/aromatic N) is 1. The minimum atomic E-state index is -0.531. The van der Waals surface area contributed by atoms with Crippen molar-refractivity contribution in [2.24, 2.45) is 5.73 Å². The normalized spacial score (nSPS) is 21.9. The number of pyridine rings is 1. The molecule has 0 bridgehead atoms.